The van der Waals surface area contributed by atoms with Crippen molar-refractivity contribution in [3.63, 3.8) is 0 Å². The first-order valence-corrected chi connectivity index (χ1v) is 12.8. The molecule has 3 N–H and O–H groups in total. The van der Waals surface area contributed by atoms with Gasteiger partial charge in [-0.3, -0.25) is 0 Å². The summed E-state index contributed by atoms with van der Waals surface area (Å²) in [5.41, 5.74) is 4.02. The molecular formula is C27H30N4O3S. The molecule has 4 aromatic rings. The van der Waals surface area contributed by atoms with Gasteiger partial charge in [0.1, 0.15) is 5.69 Å². The van der Waals surface area contributed by atoms with Crippen LogP contribution in [0.5, 0.6) is 0 Å². The van der Waals surface area contributed by atoms with Crippen molar-refractivity contribution < 1.29 is 13.5 Å². The molecule has 182 valence electrons. The van der Waals surface area contributed by atoms with E-state index in [1.54, 1.807) is 32.9 Å². The zero-order chi connectivity index (χ0) is 25.4. The van der Waals surface area contributed by atoms with Crippen LogP contribution in [-0.2, 0) is 10.0 Å². The number of hydrogen-bond acceptors (Lipinski definition) is 6. The van der Waals surface area contributed by atoms with Crippen molar-refractivity contribution in [2.75, 3.05) is 11.9 Å². The number of rotatable bonds is 7. The van der Waals surface area contributed by atoms with Crippen molar-refractivity contribution in [1.82, 2.24) is 14.9 Å². The van der Waals surface area contributed by atoms with E-state index in [2.05, 4.69) is 38.4 Å². The van der Waals surface area contributed by atoms with Crippen LogP contribution in [0.3, 0.4) is 0 Å². The van der Waals surface area contributed by atoms with Gasteiger partial charge in [0, 0.05) is 22.0 Å². The lowest BCUT2D eigenvalue weighted by molar-refractivity contribution is 0.208. The van der Waals surface area contributed by atoms with E-state index in [9.17, 15) is 13.5 Å². The molecule has 0 radical (unpaired) electrons. The maximum atomic E-state index is 13.1. The molecule has 7 nitrogen and oxygen atoms in total. The zero-order valence-electron chi connectivity index (χ0n) is 20.5. The molecule has 4 rings (SSSR count). The van der Waals surface area contributed by atoms with Gasteiger partial charge in [0.15, 0.2) is 5.82 Å². The van der Waals surface area contributed by atoms with E-state index in [1.165, 1.54) is 0 Å². The third kappa shape index (κ3) is 5.19. The van der Waals surface area contributed by atoms with Gasteiger partial charge in [-0.1, -0.05) is 48.5 Å². The van der Waals surface area contributed by atoms with Gasteiger partial charge in [-0.15, -0.1) is 10.2 Å². The smallest absolute Gasteiger partial charge is 0.241 e. The highest BCUT2D eigenvalue weighted by Crippen LogP contribution is 2.33. The summed E-state index contributed by atoms with van der Waals surface area (Å²) in [5.74, 6) is 0.629. The number of aromatic nitrogens is 2. The van der Waals surface area contributed by atoms with Gasteiger partial charge in [0.2, 0.25) is 10.0 Å². The fraction of sp³-hybridized carbons (Fsp3) is 0.259. The van der Waals surface area contributed by atoms with Crippen LogP contribution in [0.4, 0.5) is 11.5 Å². The molecule has 0 amide bonds. The van der Waals surface area contributed by atoms with Crippen molar-refractivity contribution in [2.24, 2.45) is 0 Å². The third-order valence-electron chi connectivity index (χ3n) is 5.89. The van der Waals surface area contributed by atoms with Gasteiger partial charge in [-0.25, -0.2) is 13.1 Å². The number of aliphatic hydroxyl groups excluding tert-OH is 1. The van der Waals surface area contributed by atoms with Crippen molar-refractivity contribution in [2.45, 2.75) is 45.1 Å². The first-order chi connectivity index (χ1) is 16.5. The van der Waals surface area contributed by atoms with E-state index < -0.39 is 15.6 Å². The molecule has 0 unspecified atom stereocenters. The second kappa shape index (κ2) is 9.37. The monoisotopic (exact) mass is 490 g/mol. The van der Waals surface area contributed by atoms with Crippen LogP contribution >= 0.6 is 0 Å². The van der Waals surface area contributed by atoms with Gasteiger partial charge >= 0.3 is 0 Å². The van der Waals surface area contributed by atoms with E-state index in [4.69, 9.17) is 0 Å². The lowest BCUT2D eigenvalue weighted by atomic mass is 10.0. The number of fused-ring (bicyclic) bond motifs is 1. The SMILES string of the molecule is Cc1ccc(C)c(Nc2nnc(-c3ccc(C)c(S(=O)(=O)NC(C)(C)CO)c3)c3ccccc23)c1. The Morgan fingerprint density at radius 2 is 1.57 bits per heavy atom. The number of aryl methyl sites for hydroxylation is 3. The minimum absolute atomic E-state index is 0.139. The molecule has 35 heavy (non-hydrogen) atoms. The van der Waals surface area contributed by atoms with Gasteiger partial charge in [0.05, 0.1) is 17.0 Å². The lowest BCUT2D eigenvalue weighted by Gasteiger charge is -2.24. The summed E-state index contributed by atoms with van der Waals surface area (Å²) in [6, 6.07) is 19.2. The zero-order valence-corrected chi connectivity index (χ0v) is 21.4. The Labute approximate surface area is 206 Å². The largest absolute Gasteiger partial charge is 0.394 e. The van der Waals surface area contributed by atoms with E-state index in [0.29, 0.717) is 22.6 Å². The standard InChI is InChI=1S/C27H30N4O3S/c1-17-10-11-18(2)23(14-17)28-26-22-9-7-6-8-21(22)25(29-30-26)20-13-12-19(3)24(15-20)35(33,34)31-27(4,5)16-32/h6-15,31-32H,16H2,1-5H3,(H,28,30). The van der Waals surface area contributed by atoms with Crippen molar-refractivity contribution in [3.8, 4) is 11.3 Å². The third-order valence-corrected chi connectivity index (χ3v) is 7.73. The summed E-state index contributed by atoms with van der Waals surface area (Å²) in [6.07, 6.45) is 0. The molecule has 0 spiro atoms. The Hall–Kier alpha value is -3.33. The van der Waals surface area contributed by atoms with E-state index in [0.717, 1.165) is 27.6 Å². The molecule has 0 bridgehead atoms. The number of nitrogens with zero attached hydrogens (tertiary/aromatic N) is 2. The Morgan fingerprint density at radius 3 is 2.29 bits per heavy atom. The normalized spacial score (nSPS) is 12.2. The van der Waals surface area contributed by atoms with Crippen molar-refractivity contribution in [1.29, 1.82) is 0 Å². The lowest BCUT2D eigenvalue weighted by Crippen LogP contribution is -2.46. The fourth-order valence-corrected chi connectivity index (χ4v) is 5.57. The number of hydrogen-bond donors (Lipinski definition) is 3. The topological polar surface area (TPSA) is 104 Å². The first kappa shape index (κ1) is 24.8. The highest BCUT2D eigenvalue weighted by atomic mass is 32.2. The second-order valence-corrected chi connectivity index (χ2v) is 11.2. The van der Waals surface area contributed by atoms with E-state index >= 15 is 0 Å². The molecule has 0 saturated heterocycles. The molecule has 0 aliphatic carbocycles. The van der Waals surface area contributed by atoms with Crippen LogP contribution in [0, 0.1) is 20.8 Å². The van der Waals surface area contributed by atoms with Gasteiger partial charge < -0.3 is 10.4 Å². The number of benzene rings is 3. The molecule has 0 aliphatic rings. The van der Waals surface area contributed by atoms with Gasteiger partial charge in [-0.2, -0.15) is 0 Å². The van der Waals surface area contributed by atoms with Crippen molar-refractivity contribution >= 4 is 32.3 Å². The van der Waals surface area contributed by atoms with Crippen molar-refractivity contribution in [3.05, 3.63) is 77.4 Å². The molecule has 1 heterocycles. The molecule has 0 atom stereocenters. The van der Waals surface area contributed by atoms with Crippen LogP contribution in [0.1, 0.15) is 30.5 Å². The number of sulfonamides is 1. The summed E-state index contributed by atoms with van der Waals surface area (Å²) in [4.78, 5) is 0.139. The molecule has 3 aromatic carbocycles. The highest BCUT2D eigenvalue weighted by molar-refractivity contribution is 7.89. The number of aliphatic hydroxyl groups is 1. The van der Waals surface area contributed by atoms with E-state index in [1.807, 2.05) is 44.2 Å². The van der Waals surface area contributed by atoms with Crippen LogP contribution in [0.25, 0.3) is 22.0 Å². The molecule has 1 aromatic heterocycles. The quantitative estimate of drug-likeness (QED) is 0.336. The Morgan fingerprint density at radius 1 is 0.886 bits per heavy atom. The molecule has 8 heteroatoms. The summed E-state index contributed by atoms with van der Waals surface area (Å²) in [6.45, 7) is 8.75. The first-order valence-electron chi connectivity index (χ1n) is 11.4. The Bertz CT molecular complexity index is 1510. The van der Waals surface area contributed by atoms with Crippen LogP contribution in [0.2, 0.25) is 0 Å². The minimum atomic E-state index is -3.87. The summed E-state index contributed by atoms with van der Waals surface area (Å²) in [7, 11) is -3.87. The number of nitrogens with one attached hydrogen (secondary N) is 2. The number of anilines is 2. The van der Waals surface area contributed by atoms with Crippen LogP contribution in [-0.4, -0.2) is 35.9 Å². The van der Waals surface area contributed by atoms with Gasteiger partial charge in [0.25, 0.3) is 0 Å². The molecular weight excluding hydrogens is 460 g/mol. The molecule has 0 fully saturated rings. The molecule has 0 aliphatic heterocycles. The average Bonchev–Trinajstić information content (AvgIpc) is 2.81. The van der Waals surface area contributed by atoms with Crippen LogP contribution < -0.4 is 10.0 Å². The minimum Gasteiger partial charge on any atom is -0.394 e. The maximum absolute atomic E-state index is 13.1. The predicted molar refractivity (Wildman–Crippen MR) is 140 cm³/mol. The maximum Gasteiger partial charge on any atom is 0.241 e. The fourth-order valence-electron chi connectivity index (χ4n) is 3.90. The Balaban J connectivity index is 1.81. The second-order valence-electron chi connectivity index (χ2n) is 9.51. The Kier molecular flexibility index (Phi) is 6.64. The predicted octanol–water partition coefficient (Wildman–Crippen LogP) is 5.01. The summed E-state index contributed by atoms with van der Waals surface area (Å²) >= 11 is 0. The summed E-state index contributed by atoms with van der Waals surface area (Å²) < 4.78 is 28.8. The van der Waals surface area contributed by atoms with Crippen LogP contribution in [0.15, 0.2) is 65.6 Å². The molecule has 0 saturated carbocycles. The highest BCUT2D eigenvalue weighted by Gasteiger charge is 2.27. The van der Waals surface area contributed by atoms with E-state index in [-0.39, 0.29) is 11.5 Å². The summed E-state index contributed by atoms with van der Waals surface area (Å²) in [5, 5.41) is 23.7. The van der Waals surface area contributed by atoms with Gasteiger partial charge in [-0.05, 0) is 63.4 Å². The average molecular weight is 491 g/mol.